The summed E-state index contributed by atoms with van der Waals surface area (Å²) in [4.78, 5) is 11.9. The van der Waals surface area contributed by atoms with Crippen LogP contribution in [0.4, 0.5) is 0 Å². The van der Waals surface area contributed by atoms with Crippen molar-refractivity contribution < 1.29 is 4.79 Å². The van der Waals surface area contributed by atoms with Crippen LogP contribution in [0.25, 0.3) is 0 Å². The standard InChI is InChI=1S/C18H20N2O/c1-2-9-17(16-12-7-4-8-13-16)19-20-18(21)14-15-10-5-3-6-11-15/h3-8,10-13H,2,9,14H2,1H3,(H,20,21)/b19-17-. The number of hydrogen-bond acceptors (Lipinski definition) is 2. The molecule has 0 saturated heterocycles. The van der Waals surface area contributed by atoms with Crippen molar-refractivity contribution in [3.8, 4) is 0 Å². The van der Waals surface area contributed by atoms with E-state index in [0.29, 0.717) is 6.42 Å². The van der Waals surface area contributed by atoms with Crippen molar-refractivity contribution in [2.75, 3.05) is 0 Å². The van der Waals surface area contributed by atoms with Crippen molar-refractivity contribution in [2.45, 2.75) is 26.2 Å². The number of rotatable bonds is 6. The van der Waals surface area contributed by atoms with E-state index in [1.54, 1.807) is 0 Å². The van der Waals surface area contributed by atoms with Gasteiger partial charge in [-0.25, -0.2) is 5.43 Å². The van der Waals surface area contributed by atoms with Crippen LogP contribution in [0.1, 0.15) is 30.9 Å². The Kier molecular flexibility index (Phi) is 5.71. The lowest BCUT2D eigenvalue weighted by Gasteiger charge is -2.06. The largest absolute Gasteiger partial charge is 0.273 e. The van der Waals surface area contributed by atoms with Gasteiger partial charge in [0, 0.05) is 0 Å². The van der Waals surface area contributed by atoms with Crippen LogP contribution in [0.2, 0.25) is 0 Å². The molecule has 0 fully saturated rings. The fourth-order valence-electron chi connectivity index (χ4n) is 2.08. The molecule has 0 saturated carbocycles. The summed E-state index contributed by atoms with van der Waals surface area (Å²) in [5.41, 5.74) is 5.62. The third-order valence-electron chi connectivity index (χ3n) is 3.12. The molecule has 0 bridgehead atoms. The third kappa shape index (κ3) is 4.88. The summed E-state index contributed by atoms with van der Waals surface area (Å²) in [7, 11) is 0. The minimum absolute atomic E-state index is 0.0919. The van der Waals surface area contributed by atoms with Gasteiger partial charge in [-0.15, -0.1) is 0 Å². The molecule has 0 unspecified atom stereocenters. The summed E-state index contributed by atoms with van der Waals surface area (Å²) in [6.07, 6.45) is 2.18. The van der Waals surface area contributed by atoms with E-state index < -0.39 is 0 Å². The van der Waals surface area contributed by atoms with Crippen molar-refractivity contribution in [1.82, 2.24) is 5.43 Å². The van der Waals surface area contributed by atoms with Gasteiger partial charge in [-0.2, -0.15) is 5.10 Å². The molecule has 2 aromatic rings. The Morgan fingerprint density at radius 3 is 2.24 bits per heavy atom. The number of carbonyl (C=O) groups is 1. The highest BCUT2D eigenvalue weighted by molar-refractivity contribution is 6.01. The predicted molar refractivity (Wildman–Crippen MR) is 86.2 cm³/mol. The van der Waals surface area contributed by atoms with Crippen molar-refractivity contribution in [2.24, 2.45) is 5.10 Å². The first-order chi connectivity index (χ1) is 10.3. The van der Waals surface area contributed by atoms with E-state index in [1.165, 1.54) is 0 Å². The van der Waals surface area contributed by atoms with Crippen LogP contribution in [-0.4, -0.2) is 11.6 Å². The summed E-state index contributed by atoms with van der Waals surface area (Å²) in [5, 5.41) is 4.30. The van der Waals surface area contributed by atoms with E-state index in [2.05, 4.69) is 17.5 Å². The number of carbonyl (C=O) groups excluding carboxylic acids is 1. The average molecular weight is 280 g/mol. The van der Waals surface area contributed by atoms with Crippen molar-refractivity contribution in [3.63, 3.8) is 0 Å². The number of benzene rings is 2. The zero-order valence-electron chi connectivity index (χ0n) is 12.3. The van der Waals surface area contributed by atoms with E-state index in [-0.39, 0.29) is 5.91 Å². The molecule has 0 radical (unpaired) electrons. The van der Waals surface area contributed by atoms with Crippen LogP contribution in [0.5, 0.6) is 0 Å². The molecule has 0 aliphatic rings. The molecule has 3 nitrogen and oxygen atoms in total. The van der Waals surface area contributed by atoms with Crippen molar-refractivity contribution >= 4 is 11.6 Å². The Morgan fingerprint density at radius 2 is 1.62 bits per heavy atom. The molecule has 0 heterocycles. The smallest absolute Gasteiger partial charge is 0.244 e. The highest BCUT2D eigenvalue weighted by Crippen LogP contribution is 2.06. The minimum atomic E-state index is -0.0919. The number of hydrogen-bond donors (Lipinski definition) is 1. The number of amides is 1. The molecule has 0 aliphatic carbocycles. The zero-order chi connectivity index (χ0) is 14.9. The second kappa shape index (κ2) is 8.00. The quantitative estimate of drug-likeness (QED) is 0.638. The molecule has 2 aromatic carbocycles. The molecular formula is C18H20N2O. The van der Waals surface area contributed by atoms with Crippen LogP contribution in [0.3, 0.4) is 0 Å². The number of nitrogens with one attached hydrogen (secondary N) is 1. The maximum Gasteiger partial charge on any atom is 0.244 e. The van der Waals surface area contributed by atoms with Gasteiger partial charge in [0.2, 0.25) is 5.91 Å². The van der Waals surface area contributed by atoms with Crippen molar-refractivity contribution in [3.05, 3.63) is 71.8 Å². The van der Waals surface area contributed by atoms with E-state index in [9.17, 15) is 4.79 Å². The highest BCUT2D eigenvalue weighted by Gasteiger charge is 2.05. The van der Waals surface area contributed by atoms with Gasteiger partial charge in [0.15, 0.2) is 0 Å². The van der Waals surface area contributed by atoms with Gasteiger partial charge in [-0.05, 0) is 17.5 Å². The molecule has 3 heteroatoms. The predicted octanol–water partition coefficient (Wildman–Crippen LogP) is 3.55. The number of nitrogens with zero attached hydrogens (tertiary/aromatic N) is 1. The second-order valence-corrected chi connectivity index (χ2v) is 4.87. The van der Waals surface area contributed by atoms with E-state index in [1.807, 2.05) is 60.7 Å². The fourth-order valence-corrected chi connectivity index (χ4v) is 2.08. The monoisotopic (exact) mass is 280 g/mol. The average Bonchev–Trinajstić information content (AvgIpc) is 2.53. The molecule has 0 spiro atoms. The zero-order valence-corrected chi connectivity index (χ0v) is 12.3. The highest BCUT2D eigenvalue weighted by atomic mass is 16.2. The first-order valence-electron chi connectivity index (χ1n) is 7.24. The van der Waals surface area contributed by atoms with E-state index >= 15 is 0 Å². The van der Waals surface area contributed by atoms with Crippen LogP contribution in [0.15, 0.2) is 65.8 Å². The summed E-state index contributed by atoms with van der Waals surface area (Å²) in [6.45, 7) is 2.10. The third-order valence-corrected chi connectivity index (χ3v) is 3.12. The van der Waals surface area contributed by atoms with Crippen LogP contribution in [0, 0.1) is 0 Å². The maximum absolute atomic E-state index is 11.9. The Morgan fingerprint density at radius 1 is 1.00 bits per heavy atom. The molecule has 0 aromatic heterocycles. The van der Waals surface area contributed by atoms with Crippen molar-refractivity contribution in [1.29, 1.82) is 0 Å². The molecule has 2 rings (SSSR count). The molecule has 0 atom stereocenters. The summed E-state index contributed by atoms with van der Waals surface area (Å²) in [6, 6.07) is 19.6. The van der Waals surface area contributed by atoms with Gasteiger partial charge in [0.05, 0.1) is 12.1 Å². The Hall–Kier alpha value is -2.42. The first kappa shape index (κ1) is 15.0. The van der Waals surface area contributed by atoms with Gasteiger partial charge < -0.3 is 0 Å². The van der Waals surface area contributed by atoms with E-state index in [0.717, 1.165) is 29.7 Å². The SMILES string of the molecule is CCC/C(=N/NC(=O)Cc1ccccc1)c1ccccc1. The Balaban J connectivity index is 2.01. The lowest BCUT2D eigenvalue weighted by molar-refractivity contribution is -0.120. The summed E-state index contributed by atoms with van der Waals surface area (Å²) in [5.74, 6) is -0.0919. The lowest BCUT2D eigenvalue weighted by atomic mass is 10.1. The van der Waals surface area contributed by atoms with Crippen LogP contribution < -0.4 is 5.43 Å². The second-order valence-electron chi connectivity index (χ2n) is 4.87. The van der Waals surface area contributed by atoms with Crippen LogP contribution >= 0.6 is 0 Å². The fraction of sp³-hybridized carbons (Fsp3) is 0.222. The lowest BCUT2D eigenvalue weighted by Crippen LogP contribution is -2.22. The number of hydrazone groups is 1. The Labute approximate surface area is 125 Å². The van der Waals surface area contributed by atoms with Gasteiger partial charge >= 0.3 is 0 Å². The summed E-state index contributed by atoms with van der Waals surface area (Å²) >= 11 is 0. The van der Waals surface area contributed by atoms with Gasteiger partial charge in [-0.3, -0.25) is 4.79 Å². The minimum Gasteiger partial charge on any atom is -0.273 e. The summed E-state index contributed by atoms with van der Waals surface area (Å²) < 4.78 is 0. The van der Waals surface area contributed by atoms with Gasteiger partial charge in [0.25, 0.3) is 0 Å². The molecule has 108 valence electrons. The maximum atomic E-state index is 11.9. The molecule has 21 heavy (non-hydrogen) atoms. The van der Waals surface area contributed by atoms with Gasteiger partial charge in [0.1, 0.15) is 0 Å². The topological polar surface area (TPSA) is 41.5 Å². The van der Waals surface area contributed by atoms with Crippen LogP contribution in [-0.2, 0) is 11.2 Å². The molecular weight excluding hydrogens is 260 g/mol. The Bertz CT molecular complexity index is 591. The molecule has 1 amide bonds. The normalized spacial score (nSPS) is 11.2. The first-order valence-corrected chi connectivity index (χ1v) is 7.24. The molecule has 1 N–H and O–H groups in total. The van der Waals surface area contributed by atoms with E-state index in [4.69, 9.17) is 0 Å². The van der Waals surface area contributed by atoms with Gasteiger partial charge in [-0.1, -0.05) is 74.0 Å². The molecule has 0 aliphatic heterocycles.